The van der Waals surface area contributed by atoms with Gasteiger partial charge in [0, 0.05) is 25.1 Å². The van der Waals surface area contributed by atoms with Gasteiger partial charge in [0.25, 0.3) is 5.91 Å². The lowest BCUT2D eigenvalue weighted by Gasteiger charge is -2.32. The predicted octanol–water partition coefficient (Wildman–Crippen LogP) is 0.976. The molecule has 1 aliphatic rings. The third kappa shape index (κ3) is 2.75. The molecular weight excluding hydrogens is 282 g/mol. The van der Waals surface area contributed by atoms with Gasteiger partial charge in [-0.1, -0.05) is 6.07 Å². The van der Waals surface area contributed by atoms with Crippen LogP contribution in [-0.2, 0) is 4.74 Å². The number of nitrogens with two attached hydrogens (primary N) is 1. The molecule has 0 aromatic carbocycles. The summed E-state index contributed by atoms with van der Waals surface area (Å²) in [4.78, 5) is 26.8. The molecule has 0 unspecified atom stereocenters. The minimum absolute atomic E-state index is 0.103. The predicted molar refractivity (Wildman–Crippen MR) is 80.0 cm³/mol. The molecule has 114 valence electrons. The highest BCUT2D eigenvalue weighted by molar-refractivity contribution is 5.93. The summed E-state index contributed by atoms with van der Waals surface area (Å²) in [6.45, 7) is 3.21. The first-order chi connectivity index (χ1) is 10.7. The van der Waals surface area contributed by atoms with E-state index in [0.717, 1.165) is 5.56 Å². The zero-order valence-electron chi connectivity index (χ0n) is 12.3. The van der Waals surface area contributed by atoms with Crippen LogP contribution in [-0.4, -0.2) is 45.5 Å². The quantitative estimate of drug-likeness (QED) is 0.888. The van der Waals surface area contributed by atoms with Crippen LogP contribution in [0.4, 0.5) is 5.82 Å². The van der Waals surface area contributed by atoms with E-state index >= 15 is 0 Å². The standard InChI is InChI=1S/C15H17N5O2/c1-10-3-2-4-17-12(10)15(21)20-7-8-22-11(9-20)13-14(16)19-6-5-18-13/h2-6,11H,7-9H2,1H3,(H2,16,19)/t11-/m1/s1. The summed E-state index contributed by atoms with van der Waals surface area (Å²) in [5, 5.41) is 0. The number of nitrogens with zero attached hydrogens (tertiary/aromatic N) is 4. The van der Waals surface area contributed by atoms with Crippen LogP contribution in [0.25, 0.3) is 0 Å². The van der Waals surface area contributed by atoms with Crippen LogP contribution in [0.15, 0.2) is 30.7 Å². The Bertz CT molecular complexity index is 691. The molecule has 3 rings (SSSR count). The maximum atomic E-state index is 12.6. The van der Waals surface area contributed by atoms with Crippen molar-refractivity contribution >= 4 is 11.7 Å². The number of anilines is 1. The minimum atomic E-state index is -0.365. The molecule has 1 saturated heterocycles. The van der Waals surface area contributed by atoms with E-state index in [-0.39, 0.29) is 12.0 Å². The molecule has 1 atom stereocenters. The smallest absolute Gasteiger partial charge is 0.272 e. The van der Waals surface area contributed by atoms with E-state index in [4.69, 9.17) is 10.5 Å². The van der Waals surface area contributed by atoms with Crippen LogP contribution in [0.3, 0.4) is 0 Å². The van der Waals surface area contributed by atoms with Gasteiger partial charge in [0.15, 0.2) is 0 Å². The Morgan fingerprint density at radius 3 is 2.91 bits per heavy atom. The van der Waals surface area contributed by atoms with E-state index in [0.29, 0.717) is 36.9 Å². The van der Waals surface area contributed by atoms with Gasteiger partial charge in [-0.25, -0.2) is 4.98 Å². The fraction of sp³-hybridized carbons (Fsp3) is 0.333. The van der Waals surface area contributed by atoms with Gasteiger partial charge >= 0.3 is 0 Å². The highest BCUT2D eigenvalue weighted by atomic mass is 16.5. The fourth-order valence-corrected chi connectivity index (χ4v) is 2.47. The number of ether oxygens (including phenoxy) is 1. The zero-order chi connectivity index (χ0) is 15.5. The Morgan fingerprint density at radius 1 is 1.32 bits per heavy atom. The summed E-state index contributed by atoms with van der Waals surface area (Å²) >= 11 is 0. The monoisotopic (exact) mass is 299 g/mol. The molecule has 2 aromatic rings. The van der Waals surface area contributed by atoms with Crippen molar-refractivity contribution in [2.24, 2.45) is 0 Å². The topological polar surface area (TPSA) is 94.2 Å². The molecule has 2 N–H and O–H groups in total. The van der Waals surface area contributed by atoms with E-state index in [1.54, 1.807) is 17.3 Å². The largest absolute Gasteiger partial charge is 0.382 e. The molecule has 0 saturated carbocycles. The number of rotatable bonds is 2. The molecule has 7 nitrogen and oxygen atoms in total. The zero-order valence-corrected chi connectivity index (χ0v) is 12.3. The molecule has 22 heavy (non-hydrogen) atoms. The maximum absolute atomic E-state index is 12.6. The Balaban J connectivity index is 1.80. The van der Waals surface area contributed by atoms with E-state index in [9.17, 15) is 4.79 Å². The molecule has 0 aliphatic carbocycles. The summed E-state index contributed by atoms with van der Waals surface area (Å²) in [6.07, 6.45) is 4.36. The van der Waals surface area contributed by atoms with Gasteiger partial charge in [-0.3, -0.25) is 14.8 Å². The van der Waals surface area contributed by atoms with Gasteiger partial charge < -0.3 is 15.4 Å². The third-order valence-corrected chi connectivity index (χ3v) is 3.63. The molecule has 3 heterocycles. The van der Waals surface area contributed by atoms with Crippen LogP contribution in [0.5, 0.6) is 0 Å². The van der Waals surface area contributed by atoms with Crippen molar-refractivity contribution in [2.75, 3.05) is 25.4 Å². The normalized spacial score (nSPS) is 18.2. The fourth-order valence-electron chi connectivity index (χ4n) is 2.47. The van der Waals surface area contributed by atoms with Crippen LogP contribution in [0.2, 0.25) is 0 Å². The molecule has 2 aromatic heterocycles. The molecule has 0 radical (unpaired) electrons. The van der Waals surface area contributed by atoms with E-state index in [1.165, 1.54) is 6.20 Å². The highest BCUT2D eigenvalue weighted by Gasteiger charge is 2.29. The lowest BCUT2D eigenvalue weighted by Crippen LogP contribution is -2.43. The van der Waals surface area contributed by atoms with E-state index in [2.05, 4.69) is 15.0 Å². The SMILES string of the molecule is Cc1cccnc1C(=O)N1CCO[C@@H](c2nccnc2N)C1. The molecule has 0 bridgehead atoms. The number of carbonyl (C=O) groups is 1. The first-order valence-electron chi connectivity index (χ1n) is 7.05. The number of aromatic nitrogens is 3. The van der Waals surface area contributed by atoms with Crippen molar-refractivity contribution in [1.82, 2.24) is 19.9 Å². The number of amides is 1. The lowest BCUT2D eigenvalue weighted by molar-refractivity contribution is -0.0247. The summed E-state index contributed by atoms with van der Waals surface area (Å²) in [5.74, 6) is 0.227. The van der Waals surface area contributed by atoms with Crippen molar-refractivity contribution in [2.45, 2.75) is 13.0 Å². The number of aryl methyl sites for hydroxylation is 1. The third-order valence-electron chi connectivity index (χ3n) is 3.63. The molecule has 1 fully saturated rings. The van der Waals surface area contributed by atoms with Crippen LogP contribution < -0.4 is 5.73 Å². The molecular formula is C15H17N5O2. The number of morpholine rings is 1. The van der Waals surface area contributed by atoms with E-state index < -0.39 is 0 Å². The second-order valence-corrected chi connectivity index (χ2v) is 5.11. The van der Waals surface area contributed by atoms with Gasteiger partial charge in [0.1, 0.15) is 23.3 Å². The van der Waals surface area contributed by atoms with E-state index in [1.807, 2.05) is 19.1 Å². The van der Waals surface area contributed by atoms with Crippen molar-refractivity contribution < 1.29 is 9.53 Å². The average molecular weight is 299 g/mol. The summed E-state index contributed by atoms with van der Waals surface area (Å²) in [5.41, 5.74) is 7.73. The van der Waals surface area contributed by atoms with Crippen molar-refractivity contribution in [3.63, 3.8) is 0 Å². The molecule has 1 amide bonds. The summed E-state index contributed by atoms with van der Waals surface area (Å²) in [6, 6.07) is 3.69. The van der Waals surface area contributed by atoms with Crippen LogP contribution >= 0.6 is 0 Å². The number of pyridine rings is 1. The van der Waals surface area contributed by atoms with Gasteiger partial charge in [0.2, 0.25) is 0 Å². The lowest BCUT2D eigenvalue weighted by atomic mass is 10.1. The second-order valence-electron chi connectivity index (χ2n) is 5.11. The maximum Gasteiger partial charge on any atom is 0.272 e. The highest BCUT2D eigenvalue weighted by Crippen LogP contribution is 2.24. The number of hydrogen-bond donors (Lipinski definition) is 1. The number of hydrogen-bond acceptors (Lipinski definition) is 6. The Morgan fingerprint density at radius 2 is 2.14 bits per heavy atom. The van der Waals surface area contributed by atoms with Crippen molar-refractivity contribution in [1.29, 1.82) is 0 Å². The minimum Gasteiger partial charge on any atom is -0.382 e. The number of nitrogen functional groups attached to an aromatic ring is 1. The van der Waals surface area contributed by atoms with Crippen molar-refractivity contribution in [3.8, 4) is 0 Å². The second kappa shape index (κ2) is 6.07. The summed E-state index contributed by atoms with van der Waals surface area (Å²) < 4.78 is 5.69. The molecule has 0 spiro atoms. The van der Waals surface area contributed by atoms with Crippen LogP contribution in [0.1, 0.15) is 27.8 Å². The van der Waals surface area contributed by atoms with Crippen LogP contribution in [0, 0.1) is 6.92 Å². The molecule has 1 aliphatic heterocycles. The Labute approximate surface area is 128 Å². The molecule has 7 heteroatoms. The first kappa shape index (κ1) is 14.4. The van der Waals surface area contributed by atoms with Gasteiger partial charge in [-0.05, 0) is 18.6 Å². The number of carbonyl (C=O) groups excluding carboxylic acids is 1. The van der Waals surface area contributed by atoms with Gasteiger partial charge in [-0.2, -0.15) is 0 Å². The first-order valence-corrected chi connectivity index (χ1v) is 7.05. The van der Waals surface area contributed by atoms with Gasteiger partial charge in [-0.15, -0.1) is 0 Å². The van der Waals surface area contributed by atoms with Crippen molar-refractivity contribution in [3.05, 3.63) is 47.7 Å². The Hall–Kier alpha value is -2.54. The summed E-state index contributed by atoms with van der Waals surface area (Å²) in [7, 11) is 0. The Kier molecular flexibility index (Phi) is 3.97. The average Bonchev–Trinajstić information content (AvgIpc) is 2.55. The van der Waals surface area contributed by atoms with Gasteiger partial charge in [0.05, 0.1) is 13.2 Å².